The monoisotopic (exact) mass is 492 g/mol. The molecule has 3 aromatic rings. The first-order valence-electron chi connectivity index (χ1n) is 11.4. The van der Waals surface area contributed by atoms with Crippen molar-refractivity contribution in [2.75, 3.05) is 7.11 Å². The number of methoxy groups -OCH3 is 1. The molecule has 1 aromatic heterocycles. The van der Waals surface area contributed by atoms with Gasteiger partial charge in [-0.2, -0.15) is 5.26 Å². The van der Waals surface area contributed by atoms with E-state index in [0.717, 1.165) is 41.0 Å². The second-order valence-electron chi connectivity index (χ2n) is 9.65. The molecule has 1 heterocycles. The molecule has 6 heteroatoms. The molecule has 4 rings (SSSR count). The van der Waals surface area contributed by atoms with Crippen LogP contribution in [0.25, 0.3) is 0 Å². The first kappa shape index (κ1) is 24.3. The van der Waals surface area contributed by atoms with Crippen molar-refractivity contribution in [3.8, 4) is 17.6 Å². The van der Waals surface area contributed by atoms with E-state index in [0.29, 0.717) is 29.0 Å². The normalized spacial score (nSPS) is 15.7. The maximum absolute atomic E-state index is 9.88. The third-order valence-corrected chi connectivity index (χ3v) is 7.84. The van der Waals surface area contributed by atoms with Gasteiger partial charge < -0.3 is 9.47 Å². The number of hydrogen-bond donors (Lipinski definition) is 0. The predicted octanol–water partition coefficient (Wildman–Crippen LogP) is 7.76. The summed E-state index contributed by atoms with van der Waals surface area (Å²) in [7, 11) is 1.62. The highest BCUT2D eigenvalue weighted by atomic mass is 35.5. The van der Waals surface area contributed by atoms with E-state index in [-0.39, 0.29) is 5.41 Å². The lowest BCUT2D eigenvalue weighted by atomic mass is 9.72. The molecule has 1 aliphatic carbocycles. The van der Waals surface area contributed by atoms with Crippen LogP contribution in [0.4, 0.5) is 5.00 Å². The highest BCUT2D eigenvalue weighted by Gasteiger charge is 2.32. The summed E-state index contributed by atoms with van der Waals surface area (Å²) in [5.41, 5.74) is 3.97. The SMILES string of the molecule is COc1cccc(C=Nc2sc3c(c2C#N)CC[C@@H](C(C)(C)C)C3)c1OCc1ccc(Cl)cc1. The van der Waals surface area contributed by atoms with Gasteiger partial charge in [0.2, 0.25) is 0 Å². The molecule has 0 amide bonds. The van der Waals surface area contributed by atoms with Crippen LogP contribution in [-0.2, 0) is 19.4 Å². The lowest BCUT2D eigenvalue weighted by Gasteiger charge is -2.33. The molecule has 1 aliphatic rings. The number of ether oxygens (including phenoxy) is 2. The number of nitriles is 1. The van der Waals surface area contributed by atoms with Gasteiger partial charge >= 0.3 is 0 Å². The predicted molar refractivity (Wildman–Crippen MR) is 140 cm³/mol. The Kier molecular flexibility index (Phi) is 7.30. The van der Waals surface area contributed by atoms with Gasteiger partial charge in [-0.25, -0.2) is 4.99 Å². The minimum atomic E-state index is 0.259. The number of benzene rings is 2. The van der Waals surface area contributed by atoms with Crippen molar-refractivity contribution in [2.24, 2.45) is 16.3 Å². The van der Waals surface area contributed by atoms with E-state index in [4.69, 9.17) is 26.1 Å². The third-order valence-electron chi connectivity index (χ3n) is 6.43. The van der Waals surface area contributed by atoms with Crippen LogP contribution in [-0.4, -0.2) is 13.3 Å². The molecule has 2 aromatic carbocycles. The third kappa shape index (κ3) is 5.29. The summed E-state index contributed by atoms with van der Waals surface area (Å²) in [5, 5.41) is 11.3. The van der Waals surface area contributed by atoms with Gasteiger partial charge in [-0.05, 0) is 66.0 Å². The van der Waals surface area contributed by atoms with E-state index in [9.17, 15) is 5.26 Å². The Morgan fingerprint density at radius 3 is 2.65 bits per heavy atom. The highest BCUT2D eigenvalue weighted by Crippen LogP contribution is 2.45. The molecule has 0 bridgehead atoms. The first-order chi connectivity index (χ1) is 16.3. The molecule has 0 N–H and O–H groups in total. The molecule has 0 saturated carbocycles. The fourth-order valence-electron chi connectivity index (χ4n) is 4.33. The average molecular weight is 493 g/mol. The van der Waals surface area contributed by atoms with Crippen LogP contribution in [0.1, 0.15) is 54.3 Å². The summed E-state index contributed by atoms with van der Waals surface area (Å²) >= 11 is 7.64. The topological polar surface area (TPSA) is 54.6 Å². The van der Waals surface area contributed by atoms with Gasteiger partial charge in [-0.3, -0.25) is 0 Å². The van der Waals surface area contributed by atoms with Crippen LogP contribution in [0, 0.1) is 22.7 Å². The molecule has 176 valence electrons. The van der Waals surface area contributed by atoms with Crippen LogP contribution < -0.4 is 9.47 Å². The minimum absolute atomic E-state index is 0.259. The number of aliphatic imine (C=N–C) groups is 1. The fourth-order valence-corrected chi connectivity index (χ4v) is 5.68. The van der Waals surface area contributed by atoms with Crippen LogP contribution in [0.15, 0.2) is 47.5 Å². The quantitative estimate of drug-likeness (QED) is 0.330. The summed E-state index contributed by atoms with van der Waals surface area (Å²) in [6, 6.07) is 15.7. The number of para-hydroxylation sites is 1. The Labute approximate surface area is 210 Å². The zero-order valence-electron chi connectivity index (χ0n) is 20.0. The summed E-state index contributed by atoms with van der Waals surface area (Å²) < 4.78 is 11.7. The second-order valence-corrected chi connectivity index (χ2v) is 11.2. The smallest absolute Gasteiger partial charge is 0.170 e. The van der Waals surface area contributed by atoms with E-state index in [1.165, 1.54) is 10.4 Å². The average Bonchev–Trinajstić information content (AvgIpc) is 3.18. The Hall–Kier alpha value is -2.81. The highest BCUT2D eigenvalue weighted by molar-refractivity contribution is 7.16. The van der Waals surface area contributed by atoms with Crippen LogP contribution in [0.5, 0.6) is 11.5 Å². The van der Waals surface area contributed by atoms with Gasteiger partial charge in [0.1, 0.15) is 17.7 Å². The lowest BCUT2D eigenvalue weighted by Crippen LogP contribution is -2.26. The van der Waals surface area contributed by atoms with Crippen molar-refractivity contribution < 1.29 is 9.47 Å². The molecular weight excluding hydrogens is 464 g/mol. The van der Waals surface area contributed by atoms with Crippen molar-refractivity contribution in [3.63, 3.8) is 0 Å². The van der Waals surface area contributed by atoms with Crippen LogP contribution in [0.3, 0.4) is 0 Å². The van der Waals surface area contributed by atoms with Gasteiger partial charge in [0.05, 0.1) is 12.7 Å². The maximum atomic E-state index is 9.88. The number of thiophene rings is 1. The zero-order chi connectivity index (χ0) is 24.3. The van der Waals surface area contributed by atoms with Gasteiger partial charge in [-0.1, -0.05) is 50.6 Å². The second kappa shape index (κ2) is 10.2. The van der Waals surface area contributed by atoms with E-state index < -0.39 is 0 Å². The molecule has 1 atom stereocenters. The summed E-state index contributed by atoms with van der Waals surface area (Å²) in [4.78, 5) is 6.07. The van der Waals surface area contributed by atoms with Crippen molar-refractivity contribution in [3.05, 3.63) is 74.6 Å². The van der Waals surface area contributed by atoms with Gasteiger partial charge in [0.25, 0.3) is 0 Å². The summed E-state index contributed by atoms with van der Waals surface area (Å²) in [5.74, 6) is 1.88. The summed E-state index contributed by atoms with van der Waals surface area (Å²) in [6.45, 7) is 7.28. The number of halogens is 1. The van der Waals surface area contributed by atoms with Gasteiger partial charge in [0.15, 0.2) is 11.5 Å². The van der Waals surface area contributed by atoms with Crippen molar-refractivity contribution >= 4 is 34.2 Å². The number of fused-ring (bicyclic) bond motifs is 1. The van der Waals surface area contributed by atoms with E-state index in [2.05, 4.69) is 26.8 Å². The fraction of sp³-hybridized carbons (Fsp3) is 0.357. The van der Waals surface area contributed by atoms with E-state index >= 15 is 0 Å². The molecule has 0 aliphatic heterocycles. The first-order valence-corrected chi connectivity index (χ1v) is 12.6. The number of nitrogens with zero attached hydrogens (tertiary/aromatic N) is 2. The van der Waals surface area contributed by atoms with E-state index in [1.807, 2.05) is 42.5 Å². The molecule has 0 saturated heterocycles. The number of rotatable bonds is 6. The minimum Gasteiger partial charge on any atom is -0.493 e. The molecule has 0 unspecified atom stereocenters. The van der Waals surface area contributed by atoms with Crippen LogP contribution in [0.2, 0.25) is 5.02 Å². The molecule has 0 spiro atoms. The molecule has 34 heavy (non-hydrogen) atoms. The standard InChI is InChI=1S/C28H29ClN2O2S/c1-28(2,3)20-10-13-22-23(15-30)27(34-25(22)14-20)31-16-19-6-5-7-24(32-4)26(19)33-17-18-8-11-21(29)12-9-18/h5-9,11-12,16,20H,10,13-14,17H2,1-4H3/t20-/m1/s1. The van der Waals surface area contributed by atoms with Crippen molar-refractivity contribution in [2.45, 2.75) is 46.6 Å². The Bertz CT molecular complexity index is 1230. The summed E-state index contributed by atoms with van der Waals surface area (Å²) in [6.07, 6.45) is 4.85. The number of hydrogen-bond acceptors (Lipinski definition) is 5. The van der Waals surface area contributed by atoms with Crippen molar-refractivity contribution in [1.82, 2.24) is 0 Å². The van der Waals surface area contributed by atoms with Gasteiger partial charge in [-0.15, -0.1) is 11.3 Å². The largest absolute Gasteiger partial charge is 0.493 e. The Balaban J connectivity index is 1.61. The Morgan fingerprint density at radius 2 is 1.97 bits per heavy atom. The zero-order valence-corrected chi connectivity index (χ0v) is 21.6. The van der Waals surface area contributed by atoms with E-state index in [1.54, 1.807) is 24.7 Å². The molecular formula is C28H29ClN2O2S. The Morgan fingerprint density at radius 1 is 1.21 bits per heavy atom. The molecule has 0 fully saturated rings. The van der Waals surface area contributed by atoms with Gasteiger partial charge in [0, 0.05) is 21.7 Å². The molecule has 0 radical (unpaired) electrons. The molecule has 4 nitrogen and oxygen atoms in total. The van der Waals surface area contributed by atoms with Crippen molar-refractivity contribution in [1.29, 1.82) is 5.26 Å². The lowest BCUT2D eigenvalue weighted by molar-refractivity contribution is 0.218. The van der Waals surface area contributed by atoms with Crippen LogP contribution >= 0.6 is 22.9 Å². The maximum Gasteiger partial charge on any atom is 0.170 e.